The Hall–Kier alpha value is -1.42. The van der Waals surface area contributed by atoms with E-state index in [1.807, 2.05) is 13.8 Å². The summed E-state index contributed by atoms with van der Waals surface area (Å²) in [7, 11) is 0. The number of ketones is 1. The molecule has 1 aromatic rings. The van der Waals surface area contributed by atoms with Crippen LogP contribution in [0.1, 0.15) is 31.1 Å². The second kappa shape index (κ2) is 6.23. The predicted molar refractivity (Wildman–Crippen MR) is 60.8 cm³/mol. The third-order valence-corrected chi connectivity index (χ3v) is 2.02. The normalized spacial score (nSPS) is 12.2. The molecular weight excluding hydrogens is 206 g/mol. The van der Waals surface area contributed by atoms with Crippen LogP contribution in [0.4, 0.5) is 0 Å². The van der Waals surface area contributed by atoms with Gasteiger partial charge in [-0.15, -0.1) is 0 Å². The highest BCUT2D eigenvalue weighted by Gasteiger charge is 2.12. The second-order valence-corrected chi connectivity index (χ2v) is 3.50. The molecule has 4 nitrogen and oxygen atoms in total. The van der Waals surface area contributed by atoms with E-state index < -0.39 is 0 Å². The van der Waals surface area contributed by atoms with Crippen molar-refractivity contribution in [2.75, 3.05) is 13.2 Å². The molecular formula is C12H17NO3. The first kappa shape index (κ1) is 12.6. The van der Waals surface area contributed by atoms with Gasteiger partial charge in [0.25, 0.3) is 0 Å². The Morgan fingerprint density at radius 1 is 1.56 bits per heavy atom. The summed E-state index contributed by atoms with van der Waals surface area (Å²) in [5, 5.41) is 0. The van der Waals surface area contributed by atoms with Gasteiger partial charge in [-0.1, -0.05) is 0 Å². The van der Waals surface area contributed by atoms with Crippen molar-refractivity contribution in [1.29, 1.82) is 0 Å². The molecule has 0 aliphatic rings. The molecule has 0 N–H and O–H groups in total. The van der Waals surface area contributed by atoms with Crippen LogP contribution in [0, 0.1) is 0 Å². The van der Waals surface area contributed by atoms with Gasteiger partial charge in [0, 0.05) is 12.8 Å². The minimum atomic E-state index is -0.118. The third-order valence-electron chi connectivity index (χ3n) is 2.02. The van der Waals surface area contributed by atoms with E-state index in [4.69, 9.17) is 9.47 Å². The van der Waals surface area contributed by atoms with Crippen LogP contribution >= 0.6 is 0 Å². The first-order valence-electron chi connectivity index (χ1n) is 5.35. The Morgan fingerprint density at radius 3 is 2.94 bits per heavy atom. The summed E-state index contributed by atoms with van der Waals surface area (Å²) in [5.74, 6) is 0.328. The molecule has 1 rings (SSSR count). The van der Waals surface area contributed by atoms with Crippen molar-refractivity contribution in [2.24, 2.45) is 0 Å². The van der Waals surface area contributed by atoms with Gasteiger partial charge in [0.15, 0.2) is 5.78 Å². The molecule has 4 heteroatoms. The van der Waals surface area contributed by atoms with Crippen molar-refractivity contribution >= 4 is 5.78 Å². The third kappa shape index (κ3) is 3.62. The molecule has 0 spiro atoms. The summed E-state index contributed by atoms with van der Waals surface area (Å²) in [4.78, 5) is 15.4. The number of nitrogens with zero attached hydrogens (tertiary/aromatic N) is 1. The number of hydrogen-bond donors (Lipinski definition) is 0. The van der Waals surface area contributed by atoms with E-state index >= 15 is 0 Å². The number of carbonyl (C=O) groups excluding carboxylic acids is 1. The maximum atomic E-state index is 11.3. The molecule has 88 valence electrons. The second-order valence-electron chi connectivity index (χ2n) is 3.50. The lowest BCUT2D eigenvalue weighted by Crippen LogP contribution is -2.20. The highest BCUT2D eigenvalue weighted by atomic mass is 16.5. The highest BCUT2D eigenvalue weighted by molar-refractivity contribution is 5.96. The quantitative estimate of drug-likeness (QED) is 0.693. The van der Waals surface area contributed by atoms with Crippen LogP contribution in [0.2, 0.25) is 0 Å². The smallest absolute Gasteiger partial charge is 0.224 e. The number of Topliss-reactive ketones (excluding diaryl/α,β-unsaturated/α-hetero) is 1. The molecule has 16 heavy (non-hydrogen) atoms. The zero-order valence-electron chi connectivity index (χ0n) is 9.90. The molecule has 0 aliphatic carbocycles. The Morgan fingerprint density at radius 2 is 2.31 bits per heavy atom. The standard InChI is InChI=1S/C12H17NO3/c1-4-15-8-9(2)16-12-11(10(3)14)6-5-7-13-12/h5-7,9H,4,8H2,1-3H3. The summed E-state index contributed by atoms with van der Waals surface area (Å²) in [6, 6.07) is 3.43. The molecule has 1 atom stereocenters. The number of aromatic nitrogens is 1. The average molecular weight is 223 g/mol. The van der Waals surface area contributed by atoms with Crippen LogP contribution in [0.25, 0.3) is 0 Å². The Kier molecular flexibility index (Phi) is 4.92. The Labute approximate surface area is 95.6 Å². The SMILES string of the molecule is CCOCC(C)Oc1ncccc1C(C)=O. The summed E-state index contributed by atoms with van der Waals surface area (Å²) in [5.41, 5.74) is 0.505. The van der Waals surface area contributed by atoms with Crippen LogP contribution in [-0.2, 0) is 4.74 Å². The van der Waals surface area contributed by atoms with Crippen molar-refractivity contribution in [2.45, 2.75) is 26.9 Å². The molecule has 1 unspecified atom stereocenters. The van der Waals surface area contributed by atoms with E-state index in [-0.39, 0.29) is 11.9 Å². The lowest BCUT2D eigenvalue weighted by molar-refractivity contribution is 0.0624. The highest BCUT2D eigenvalue weighted by Crippen LogP contribution is 2.16. The minimum absolute atomic E-state index is 0.0493. The van der Waals surface area contributed by atoms with E-state index in [0.717, 1.165) is 0 Å². The maximum Gasteiger partial charge on any atom is 0.224 e. The summed E-state index contributed by atoms with van der Waals surface area (Å²) in [6.07, 6.45) is 1.49. The van der Waals surface area contributed by atoms with Crippen LogP contribution in [-0.4, -0.2) is 30.1 Å². The fraction of sp³-hybridized carbons (Fsp3) is 0.500. The van der Waals surface area contributed by atoms with Gasteiger partial charge >= 0.3 is 0 Å². The number of ether oxygens (including phenoxy) is 2. The van der Waals surface area contributed by atoms with Gasteiger partial charge in [0.2, 0.25) is 5.88 Å². The first-order valence-corrected chi connectivity index (χ1v) is 5.35. The van der Waals surface area contributed by atoms with Gasteiger partial charge in [0.05, 0.1) is 12.2 Å². The lowest BCUT2D eigenvalue weighted by Gasteiger charge is -2.15. The summed E-state index contributed by atoms with van der Waals surface area (Å²) < 4.78 is 10.8. The fourth-order valence-electron chi connectivity index (χ4n) is 1.26. The van der Waals surface area contributed by atoms with Crippen LogP contribution in [0.15, 0.2) is 18.3 Å². The van der Waals surface area contributed by atoms with E-state index in [1.54, 1.807) is 18.3 Å². The van der Waals surface area contributed by atoms with Crippen LogP contribution in [0.3, 0.4) is 0 Å². The van der Waals surface area contributed by atoms with E-state index in [2.05, 4.69) is 4.98 Å². The van der Waals surface area contributed by atoms with Crippen molar-refractivity contribution in [3.63, 3.8) is 0 Å². The van der Waals surface area contributed by atoms with Gasteiger partial charge < -0.3 is 9.47 Å². The van der Waals surface area contributed by atoms with E-state index in [9.17, 15) is 4.79 Å². The number of carbonyl (C=O) groups is 1. The molecule has 0 fully saturated rings. The number of rotatable bonds is 6. The first-order chi connectivity index (χ1) is 7.65. The van der Waals surface area contributed by atoms with Crippen LogP contribution in [0.5, 0.6) is 5.88 Å². The van der Waals surface area contributed by atoms with Gasteiger partial charge in [-0.25, -0.2) is 4.98 Å². The van der Waals surface area contributed by atoms with Gasteiger partial charge in [-0.3, -0.25) is 4.79 Å². The molecule has 0 aliphatic heterocycles. The van der Waals surface area contributed by atoms with Crippen LogP contribution < -0.4 is 4.74 Å². The summed E-state index contributed by atoms with van der Waals surface area (Å²) >= 11 is 0. The van der Waals surface area contributed by atoms with Gasteiger partial charge in [0.1, 0.15) is 6.10 Å². The predicted octanol–water partition coefficient (Wildman–Crippen LogP) is 2.09. The lowest BCUT2D eigenvalue weighted by atomic mass is 10.2. The van der Waals surface area contributed by atoms with Gasteiger partial charge in [-0.2, -0.15) is 0 Å². The number of hydrogen-bond acceptors (Lipinski definition) is 4. The molecule has 0 bridgehead atoms. The fourth-order valence-corrected chi connectivity index (χ4v) is 1.26. The van der Waals surface area contributed by atoms with E-state index in [1.165, 1.54) is 6.92 Å². The molecule has 1 aromatic heterocycles. The average Bonchev–Trinajstić information content (AvgIpc) is 2.27. The molecule has 0 saturated heterocycles. The van der Waals surface area contributed by atoms with Crippen molar-refractivity contribution in [3.8, 4) is 5.88 Å². The summed E-state index contributed by atoms with van der Waals surface area (Å²) in [6.45, 7) is 6.44. The minimum Gasteiger partial charge on any atom is -0.472 e. The molecule has 1 heterocycles. The zero-order valence-corrected chi connectivity index (χ0v) is 9.90. The molecule has 0 saturated carbocycles. The molecule has 0 amide bonds. The van der Waals surface area contributed by atoms with Gasteiger partial charge in [-0.05, 0) is 32.9 Å². The van der Waals surface area contributed by atoms with Crippen molar-refractivity contribution in [3.05, 3.63) is 23.9 Å². The van der Waals surface area contributed by atoms with Crippen molar-refractivity contribution < 1.29 is 14.3 Å². The Bertz CT molecular complexity index is 352. The Balaban J connectivity index is 2.69. The number of pyridine rings is 1. The van der Waals surface area contributed by atoms with Crippen molar-refractivity contribution in [1.82, 2.24) is 4.98 Å². The maximum absolute atomic E-state index is 11.3. The largest absolute Gasteiger partial charge is 0.472 e. The monoisotopic (exact) mass is 223 g/mol. The zero-order chi connectivity index (χ0) is 12.0. The van der Waals surface area contributed by atoms with E-state index in [0.29, 0.717) is 24.7 Å². The molecule has 0 radical (unpaired) electrons. The topological polar surface area (TPSA) is 48.4 Å². The molecule has 0 aromatic carbocycles.